The third-order valence-corrected chi connectivity index (χ3v) is 5.50. The Morgan fingerprint density at radius 3 is 2.50 bits per heavy atom. The molecule has 1 aliphatic heterocycles. The lowest BCUT2D eigenvalue weighted by atomic mass is 10.1. The minimum absolute atomic E-state index is 0.0130. The van der Waals surface area contributed by atoms with Crippen molar-refractivity contribution in [2.45, 2.75) is 20.4 Å². The van der Waals surface area contributed by atoms with Gasteiger partial charge in [0.1, 0.15) is 12.1 Å². The van der Waals surface area contributed by atoms with Crippen LogP contribution in [-0.4, -0.2) is 34.6 Å². The molecule has 0 aliphatic carbocycles. The first kappa shape index (κ1) is 21.5. The molecule has 3 aromatic rings. The molecule has 0 spiro atoms. The standard InChI is InChI=1S/C24H21N3O4S/c1-14-8-15(2)10-17(9-14)27-23(30)19(22(29)25-24(27)32)11-16-12-26(13-21(28)31-3)20-7-5-4-6-18(16)20/h4-12H,13H2,1-3H3,(H,25,29,32)/b19-11+. The normalized spacial score (nSPS) is 15.4. The van der Waals surface area contributed by atoms with Crippen LogP contribution in [0.2, 0.25) is 0 Å². The van der Waals surface area contributed by atoms with Gasteiger partial charge >= 0.3 is 5.97 Å². The first-order valence-electron chi connectivity index (χ1n) is 9.93. The number of aromatic nitrogens is 1. The van der Waals surface area contributed by atoms with Crippen LogP contribution in [0.15, 0.2) is 54.2 Å². The third kappa shape index (κ3) is 3.92. The predicted molar refractivity (Wildman–Crippen MR) is 126 cm³/mol. The maximum atomic E-state index is 13.4. The van der Waals surface area contributed by atoms with Crippen LogP contribution >= 0.6 is 12.2 Å². The number of thiocarbonyl (C=S) groups is 1. The van der Waals surface area contributed by atoms with E-state index in [2.05, 4.69) is 5.32 Å². The van der Waals surface area contributed by atoms with Crippen LogP contribution in [0.4, 0.5) is 5.69 Å². The fourth-order valence-corrected chi connectivity index (χ4v) is 4.13. The molecule has 0 bridgehead atoms. The number of esters is 1. The van der Waals surface area contributed by atoms with Crippen molar-refractivity contribution in [2.75, 3.05) is 12.0 Å². The monoisotopic (exact) mass is 447 g/mol. The van der Waals surface area contributed by atoms with Gasteiger partial charge in [0, 0.05) is 22.7 Å². The summed E-state index contributed by atoms with van der Waals surface area (Å²) in [5, 5.41) is 3.45. The smallest absolute Gasteiger partial charge is 0.325 e. The number of hydrogen-bond acceptors (Lipinski definition) is 5. The Morgan fingerprint density at radius 2 is 1.81 bits per heavy atom. The average Bonchev–Trinajstić information content (AvgIpc) is 3.07. The maximum absolute atomic E-state index is 13.4. The van der Waals surface area contributed by atoms with E-state index in [1.807, 2.05) is 56.3 Å². The zero-order valence-corrected chi connectivity index (χ0v) is 18.7. The minimum atomic E-state index is -0.564. The van der Waals surface area contributed by atoms with E-state index in [0.717, 1.165) is 22.0 Å². The molecule has 2 heterocycles. The van der Waals surface area contributed by atoms with E-state index in [1.165, 1.54) is 18.1 Å². The number of rotatable bonds is 4. The number of nitrogens with one attached hydrogen (secondary N) is 1. The van der Waals surface area contributed by atoms with Gasteiger partial charge in [-0.1, -0.05) is 24.3 Å². The Bertz CT molecular complexity index is 1300. The quantitative estimate of drug-likeness (QED) is 0.287. The van der Waals surface area contributed by atoms with Crippen molar-refractivity contribution in [2.24, 2.45) is 0 Å². The Hall–Kier alpha value is -3.78. The van der Waals surface area contributed by atoms with E-state index in [0.29, 0.717) is 11.3 Å². The highest BCUT2D eigenvalue weighted by Gasteiger charge is 2.34. The molecule has 1 N–H and O–H groups in total. The van der Waals surface area contributed by atoms with Crippen molar-refractivity contribution in [3.63, 3.8) is 0 Å². The zero-order chi connectivity index (χ0) is 23.0. The van der Waals surface area contributed by atoms with Crippen LogP contribution in [0, 0.1) is 13.8 Å². The molecule has 1 aliphatic rings. The van der Waals surface area contributed by atoms with Crippen molar-refractivity contribution >= 4 is 57.8 Å². The molecule has 0 unspecified atom stereocenters. The van der Waals surface area contributed by atoms with Gasteiger partial charge in [0.15, 0.2) is 5.11 Å². The molecule has 32 heavy (non-hydrogen) atoms. The minimum Gasteiger partial charge on any atom is -0.468 e. The highest BCUT2D eigenvalue weighted by Crippen LogP contribution is 2.27. The first-order valence-corrected chi connectivity index (χ1v) is 10.3. The van der Waals surface area contributed by atoms with E-state index in [-0.39, 0.29) is 17.2 Å². The summed E-state index contributed by atoms with van der Waals surface area (Å²) in [5.41, 5.74) is 3.93. The average molecular weight is 448 g/mol. The lowest BCUT2D eigenvalue weighted by molar-refractivity contribution is -0.141. The molecule has 7 nitrogen and oxygen atoms in total. The van der Waals surface area contributed by atoms with Gasteiger partial charge in [-0.3, -0.25) is 24.6 Å². The Balaban J connectivity index is 1.80. The number of aryl methyl sites for hydroxylation is 2. The summed E-state index contributed by atoms with van der Waals surface area (Å²) in [7, 11) is 1.33. The number of benzene rings is 2. The topological polar surface area (TPSA) is 80.6 Å². The summed E-state index contributed by atoms with van der Waals surface area (Å²) in [6.07, 6.45) is 3.26. The second-order valence-corrected chi connectivity index (χ2v) is 8.00. The molecular formula is C24H21N3O4S. The van der Waals surface area contributed by atoms with Gasteiger partial charge in [-0.2, -0.15) is 0 Å². The summed E-state index contributed by atoms with van der Waals surface area (Å²) < 4.78 is 6.50. The highest BCUT2D eigenvalue weighted by atomic mass is 32.1. The summed E-state index contributed by atoms with van der Waals surface area (Å²) in [5.74, 6) is -1.47. The van der Waals surface area contributed by atoms with Gasteiger partial charge in [-0.25, -0.2) is 0 Å². The van der Waals surface area contributed by atoms with Crippen LogP contribution in [0.5, 0.6) is 0 Å². The maximum Gasteiger partial charge on any atom is 0.325 e. The van der Waals surface area contributed by atoms with Crippen LogP contribution in [0.1, 0.15) is 16.7 Å². The lowest BCUT2D eigenvalue weighted by Crippen LogP contribution is -2.54. The van der Waals surface area contributed by atoms with Crippen molar-refractivity contribution < 1.29 is 19.1 Å². The van der Waals surface area contributed by atoms with Crippen LogP contribution in [0.3, 0.4) is 0 Å². The number of anilines is 1. The SMILES string of the molecule is COC(=O)Cn1cc(/C=C2\C(=O)NC(=S)N(c3cc(C)cc(C)c3)C2=O)c2ccccc21. The first-order chi connectivity index (χ1) is 15.3. The van der Waals surface area contributed by atoms with Gasteiger partial charge < -0.3 is 9.30 Å². The number of methoxy groups -OCH3 is 1. The Morgan fingerprint density at radius 1 is 1.12 bits per heavy atom. The summed E-state index contributed by atoms with van der Waals surface area (Å²) in [6.45, 7) is 3.87. The number of nitrogens with zero attached hydrogens (tertiary/aromatic N) is 2. The van der Waals surface area contributed by atoms with E-state index in [1.54, 1.807) is 10.8 Å². The molecule has 2 amide bonds. The van der Waals surface area contributed by atoms with Crippen LogP contribution in [-0.2, 0) is 25.7 Å². The summed E-state index contributed by atoms with van der Waals surface area (Å²) in [6, 6.07) is 13.1. The number of fused-ring (bicyclic) bond motifs is 1. The fourth-order valence-electron chi connectivity index (χ4n) is 3.85. The molecule has 0 radical (unpaired) electrons. The number of hydrogen-bond donors (Lipinski definition) is 1. The molecule has 162 valence electrons. The van der Waals surface area contributed by atoms with E-state index >= 15 is 0 Å². The highest BCUT2D eigenvalue weighted by molar-refractivity contribution is 7.80. The Labute approximate surface area is 190 Å². The number of ether oxygens (including phenoxy) is 1. The summed E-state index contributed by atoms with van der Waals surface area (Å²) >= 11 is 5.30. The number of amides is 2. The van der Waals surface area contributed by atoms with Crippen molar-refractivity contribution in [1.82, 2.24) is 9.88 Å². The Kier molecular flexibility index (Phi) is 5.63. The number of para-hydroxylation sites is 1. The molecule has 2 aromatic carbocycles. The van der Waals surface area contributed by atoms with Gasteiger partial charge in [0.25, 0.3) is 11.8 Å². The van der Waals surface area contributed by atoms with Crippen LogP contribution in [0.25, 0.3) is 17.0 Å². The predicted octanol–water partition coefficient (Wildman–Crippen LogP) is 3.26. The molecule has 1 fully saturated rings. The second kappa shape index (κ2) is 8.39. The molecular weight excluding hydrogens is 426 g/mol. The van der Waals surface area contributed by atoms with Gasteiger partial charge in [0.05, 0.1) is 12.8 Å². The zero-order valence-electron chi connectivity index (χ0n) is 17.8. The largest absolute Gasteiger partial charge is 0.468 e. The second-order valence-electron chi connectivity index (χ2n) is 7.61. The molecule has 0 saturated carbocycles. The van der Waals surface area contributed by atoms with Gasteiger partial charge in [-0.05, 0) is 61.5 Å². The fraction of sp³-hybridized carbons (Fsp3) is 0.167. The summed E-state index contributed by atoms with van der Waals surface area (Å²) in [4.78, 5) is 39.2. The molecule has 4 rings (SSSR count). The number of carbonyl (C=O) groups is 3. The van der Waals surface area contributed by atoms with Crippen molar-refractivity contribution in [1.29, 1.82) is 0 Å². The molecule has 0 atom stereocenters. The number of carbonyl (C=O) groups excluding carboxylic acids is 3. The molecule has 1 saturated heterocycles. The van der Waals surface area contributed by atoms with Crippen LogP contribution < -0.4 is 10.2 Å². The van der Waals surface area contributed by atoms with Crippen molar-refractivity contribution in [3.8, 4) is 0 Å². The van der Waals surface area contributed by atoms with E-state index < -0.39 is 17.8 Å². The van der Waals surface area contributed by atoms with E-state index in [4.69, 9.17) is 17.0 Å². The molecule has 8 heteroatoms. The van der Waals surface area contributed by atoms with Gasteiger partial charge in [-0.15, -0.1) is 0 Å². The third-order valence-electron chi connectivity index (χ3n) is 5.21. The van der Waals surface area contributed by atoms with Crippen molar-refractivity contribution in [3.05, 3.63) is 70.9 Å². The molecule has 1 aromatic heterocycles. The van der Waals surface area contributed by atoms with E-state index in [9.17, 15) is 14.4 Å². The van der Waals surface area contributed by atoms with Gasteiger partial charge in [0.2, 0.25) is 0 Å². The lowest BCUT2D eigenvalue weighted by Gasteiger charge is -2.29.